The minimum atomic E-state index is -0.498. The van der Waals surface area contributed by atoms with Crippen molar-refractivity contribution < 1.29 is 4.79 Å². The summed E-state index contributed by atoms with van der Waals surface area (Å²) < 4.78 is 1.10. The topological polar surface area (TPSA) is 99.0 Å². The number of amides is 1. The summed E-state index contributed by atoms with van der Waals surface area (Å²) in [6.07, 6.45) is 0.244. The monoisotopic (exact) mass is 300 g/mol. The van der Waals surface area contributed by atoms with E-state index in [0.29, 0.717) is 23.0 Å². The van der Waals surface area contributed by atoms with Gasteiger partial charge in [0, 0.05) is 25.7 Å². The molecule has 114 valence electrons. The molecule has 2 rings (SSSR count). The molecule has 7 nitrogen and oxygen atoms in total. The zero-order valence-electron chi connectivity index (χ0n) is 12.4. The maximum atomic E-state index is 12.2. The number of H-pyrrole nitrogens is 1. The van der Waals surface area contributed by atoms with Crippen molar-refractivity contribution in [2.24, 2.45) is 0 Å². The first kappa shape index (κ1) is 15.5. The first-order chi connectivity index (χ1) is 10.5. The smallest absolute Gasteiger partial charge is 0.328 e. The first-order valence-corrected chi connectivity index (χ1v) is 6.89. The van der Waals surface area contributed by atoms with E-state index in [-0.39, 0.29) is 24.4 Å². The number of rotatable bonds is 4. The number of hydrogen-bond donors (Lipinski definition) is 1. The van der Waals surface area contributed by atoms with E-state index in [4.69, 9.17) is 5.26 Å². The van der Waals surface area contributed by atoms with E-state index in [1.54, 1.807) is 20.0 Å². The Labute approximate surface area is 126 Å². The molecule has 0 saturated heterocycles. The molecule has 7 heteroatoms. The SMILES string of the molecule is CCn1c(=O)[nH]c2cc(C(=O)N(C)CCC#N)ccc2c1=O. The molecular formula is C15H16N4O3. The third kappa shape index (κ3) is 2.76. The Morgan fingerprint density at radius 2 is 2.14 bits per heavy atom. The highest BCUT2D eigenvalue weighted by molar-refractivity contribution is 5.97. The molecule has 1 N–H and O–H groups in total. The van der Waals surface area contributed by atoms with Crippen molar-refractivity contribution in [3.63, 3.8) is 0 Å². The lowest BCUT2D eigenvalue weighted by molar-refractivity contribution is 0.0798. The lowest BCUT2D eigenvalue weighted by atomic mass is 10.1. The molecular weight excluding hydrogens is 284 g/mol. The molecule has 0 spiro atoms. The van der Waals surface area contributed by atoms with Crippen molar-refractivity contribution in [3.05, 3.63) is 44.6 Å². The van der Waals surface area contributed by atoms with Crippen molar-refractivity contribution >= 4 is 16.8 Å². The van der Waals surface area contributed by atoms with E-state index >= 15 is 0 Å². The molecule has 1 amide bonds. The molecule has 0 saturated carbocycles. The maximum absolute atomic E-state index is 12.2. The fraction of sp³-hybridized carbons (Fsp3) is 0.333. The van der Waals surface area contributed by atoms with Crippen molar-refractivity contribution in [2.45, 2.75) is 19.9 Å². The Morgan fingerprint density at radius 3 is 2.77 bits per heavy atom. The Balaban J connectivity index is 2.48. The van der Waals surface area contributed by atoms with E-state index in [1.807, 2.05) is 6.07 Å². The van der Waals surface area contributed by atoms with E-state index in [0.717, 1.165) is 4.57 Å². The van der Waals surface area contributed by atoms with Crippen molar-refractivity contribution in [1.29, 1.82) is 5.26 Å². The largest absolute Gasteiger partial charge is 0.341 e. The summed E-state index contributed by atoms with van der Waals surface area (Å²) in [7, 11) is 1.60. The minimum absolute atomic E-state index is 0.244. The zero-order valence-corrected chi connectivity index (χ0v) is 12.4. The molecule has 1 aromatic heterocycles. The van der Waals surface area contributed by atoms with Gasteiger partial charge in [0.25, 0.3) is 11.5 Å². The Morgan fingerprint density at radius 1 is 1.41 bits per heavy atom. The number of aromatic nitrogens is 2. The van der Waals surface area contributed by atoms with Crippen LogP contribution >= 0.6 is 0 Å². The third-order valence-electron chi connectivity index (χ3n) is 3.45. The highest BCUT2D eigenvalue weighted by Crippen LogP contribution is 2.11. The fourth-order valence-corrected chi connectivity index (χ4v) is 2.21. The lowest BCUT2D eigenvalue weighted by Crippen LogP contribution is -2.34. The Bertz CT molecular complexity index is 873. The summed E-state index contributed by atoms with van der Waals surface area (Å²) in [6, 6.07) is 6.55. The van der Waals surface area contributed by atoms with E-state index in [1.165, 1.54) is 17.0 Å². The molecule has 1 aromatic carbocycles. The maximum Gasteiger partial charge on any atom is 0.328 e. The number of nitriles is 1. The van der Waals surface area contributed by atoms with Crippen LogP contribution in [0.1, 0.15) is 23.7 Å². The normalized spacial score (nSPS) is 10.4. The second kappa shape index (κ2) is 6.26. The molecule has 0 fully saturated rings. The Hall–Kier alpha value is -2.88. The van der Waals surface area contributed by atoms with Gasteiger partial charge in [-0.15, -0.1) is 0 Å². The molecule has 2 aromatic rings. The van der Waals surface area contributed by atoms with Gasteiger partial charge >= 0.3 is 5.69 Å². The lowest BCUT2D eigenvalue weighted by Gasteiger charge is -2.15. The third-order valence-corrected chi connectivity index (χ3v) is 3.45. The summed E-state index contributed by atoms with van der Waals surface area (Å²) in [5.41, 5.74) is -0.183. The minimum Gasteiger partial charge on any atom is -0.341 e. The number of fused-ring (bicyclic) bond motifs is 1. The summed E-state index contributed by atoms with van der Waals surface area (Å²) in [5, 5.41) is 8.91. The van der Waals surface area contributed by atoms with Crippen LogP contribution in [-0.4, -0.2) is 34.0 Å². The highest BCUT2D eigenvalue weighted by atomic mass is 16.2. The number of aromatic amines is 1. The van der Waals surface area contributed by atoms with Crippen molar-refractivity contribution in [3.8, 4) is 6.07 Å². The highest BCUT2D eigenvalue weighted by Gasteiger charge is 2.13. The standard InChI is InChI=1S/C15H16N4O3/c1-3-19-14(21)11-6-5-10(9-12(11)17-15(19)22)13(20)18(2)8-4-7-16/h5-6,9H,3-4,8H2,1-2H3,(H,17,22). The number of carbonyl (C=O) groups is 1. The quantitative estimate of drug-likeness (QED) is 0.898. The molecule has 0 atom stereocenters. The zero-order chi connectivity index (χ0) is 16.3. The van der Waals surface area contributed by atoms with Gasteiger partial charge in [0.15, 0.2) is 0 Å². The van der Waals surface area contributed by atoms with Gasteiger partial charge in [0.1, 0.15) is 0 Å². The van der Waals surface area contributed by atoms with Crippen LogP contribution in [0.15, 0.2) is 27.8 Å². The van der Waals surface area contributed by atoms with Crippen LogP contribution in [0.2, 0.25) is 0 Å². The van der Waals surface area contributed by atoms with Gasteiger partial charge in [0.2, 0.25) is 0 Å². The van der Waals surface area contributed by atoms with Crippen molar-refractivity contribution in [2.75, 3.05) is 13.6 Å². The second-order valence-corrected chi connectivity index (χ2v) is 4.87. The van der Waals surface area contributed by atoms with Gasteiger partial charge in [-0.2, -0.15) is 5.26 Å². The van der Waals surface area contributed by atoms with Gasteiger partial charge < -0.3 is 9.88 Å². The predicted octanol–water partition coefficient (Wildman–Crippen LogP) is 0.695. The van der Waals surface area contributed by atoms with Crippen LogP contribution in [-0.2, 0) is 6.54 Å². The molecule has 1 heterocycles. The number of nitrogens with one attached hydrogen (secondary N) is 1. The molecule has 0 aliphatic heterocycles. The summed E-state index contributed by atoms with van der Waals surface area (Å²) in [5.74, 6) is -0.266. The molecule has 0 unspecified atom stereocenters. The summed E-state index contributed by atoms with van der Waals surface area (Å²) >= 11 is 0. The van der Waals surface area contributed by atoms with Gasteiger partial charge in [-0.05, 0) is 25.1 Å². The van der Waals surface area contributed by atoms with Gasteiger partial charge in [-0.3, -0.25) is 14.2 Å². The van der Waals surface area contributed by atoms with Crippen LogP contribution < -0.4 is 11.2 Å². The summed E-state index contributed by atoms with van der Waals surface area (Å²) in [6.45, 7) is 2.31. The molecule has 22 heavy (non-hydrogen) atoms. The van der Waals surface area contributed by atoms with Crippen LogP contribution in [0.4, 0.5) is 0 Å². The fourth-order valence-electron chi connectivity index (χ4n) is 2.21. The van der Waals surface area contributed by atoms with Crippen LogP contribution in [0.25, 0.3) is 10.9 Å². The van der Waals surface area contributed by atoms with Crippen LogP contribution in [0, 0.1) is 11.3 Å². The number of benzene rings is 1. The number of nitrogens with zero attached hydrogens (tertiary/aromatic N) is 3. The van der Waals surface area contributed by atoms with Crippen molar-refractivity contribution in [1.82, 2.24) is 14.5 Å². The second-order valence-electron chi connectivity index (χ2n) is 4.87. The van der Waals surface area contributed by atoms with Crippen LogP contribution in [0.5, 0.6) is 0 Å². The van der Waals surface area contributed by atoms with E-state index in [2.05, 4.69) is 4.98 Å². The predicted molar refractivity (Wildman–Crippen MR) is 81.7 cm³/mol. The van der Waals surface area contributed by atoms with E-state index < -0.39 is 5.69 Å². The average molecular weight is 300 g/mol. The van der Waals surface area contributed by atoms with Gasteiger partial charge in [0.05, 0.1) is 23.4 Å². The van der Waals surface area contributed by atoms with E-state index in [9.17, 15) is 14.4 Å². The first-order valence-electron chi connectivity index (χ1n) is 6.89. The number of carbonyl (C=O) groups excluding carboxylic acids is 1. The molecule has 0 radical (unpaired) electrons. The van der Waals surface area contributed by atoms with Crippen LogP contribution in [0.3, 0.4) is 0 Å². The summed E-state index contributed by atoms with van der Waals surface area (Å²) in [4.78, 5) is 40.2. The molecule has 0 aliphatic rings. The van der Waals surface area contributed by atoms with Gasteiger partial charge in [-0.25, -0.2) is 4.79 Å². The average Bonchev–Trinajstić information content (AvgIpc) is 2.51. The van der Waals surface area contributed by atoms with Gasteiger partial charge in [-0.1, -0.05) is 0 Å². The number of hydrogen-bond acceptors (Lipinski definition) is 4. The Kier molecular flexibility index (Phi) is 4.41. The molecule has 0 aliphatic carbocycles. The molecule has 0 bridgehead atoms.